The van der Waals surface area contributed by atoms with Crippen molar-refractivity contribution in [1.82, 2.24) is 10.2 Å². The Morgan fingerprint density at radius 3 is 2.39 bits per heavy atom. The minimum Gasteiger partial charge on any atom is -0.484 e. The van der Waals surface area contributed by atoms with E-state index in [1.165, 1.54) is 11.6 Å². The molecule has 0 aliphatic carbocycles. The van der Waals surface area contributed by atoms with Crippen molar-refractivity contribution < 1.29 is 18.3 Å². The van der Waals surface area contributed by atoms with Gasteiger partial charge < -0.3 is 10.1 Å². The molecule has 1 amide bonds. The van der Waals surface area contributed by atoms with Gasteiger partial charge in [0.1, 0.15) is 5.75 Å². The van der Waals surface area contributed by atoms with Crippen molar-refractivity contribution in [2.24, 2.45) is 0 Å². The van der Waals surface area contributed by atoms with E-state index in [4.69, 9.17) is 4.74 Å². The number of rotatable bonds is 7. The van der Waals surface area contributed by atoms with Crippen molar-refractivity contribution in [3.05, 3.63) is 65.2 Å². The first-order valence-electron chi connectivity index (χ1n) is 9.71. The summed E-state index contributed by atoms with van der Waals surface area (Å²) in [6.45, 7) is 4.26. The molecule has 1 saturated heterocycles. The number of nitrogens with zero attached hydrogens (tertiary/aromatic N) is 1. The Kier molecular flexibility index (Phi) is 6.98. The summed E-state index contributed by atoms with van der Waals surface area (Å²) in [6, 6.07) is 11.9. The number of aryl methyl sites for hydroxylation is 1. The summed E-state index contributed by atoms with van der Waals surface area (Å²) in [5.41, 5.74) is 1.98. The van der Waals surface area contributed by atoms with Crippen molar-refractivity contribution in [1.29, 1.82) is 0 Å². The summed E-state index contributed by atoms with van der Waals surface area (Å²) >= 11 is 0. The molecule has 0 unspecified atom stereocenters. The quantitative estimate of drug-likeness (QED) is 0.787. The molecule has 1 N–H and O–H groups in total. The molecular weight excluding hydrogens is 362 g/mol. The molecule has 0 spiro atoms. The number of amides is 1. The van der Waals surface area contributed by atoms with Crippen LogP contribution in [-0.4, -0.2) is 36.5 Å². The smallest absolute Gasteiger partial charge is 0.258 e. The molecule has 1 fully saturated rings. The number of carbonyl (C=O) groups excluding carboxylic acids is 1. The summed E-state index contributed by atoms with van der Waals surface area (Å²) in [6.07, 6.45) is 2.61. The number of halogens is 2. The molecule has 0 saturated carbocycles. The van der Waals surface area contributed by atoms with E-state index in [2.05, 4.69) is 17.1 Å². The zero-order valence-electron chi connectivity index (χ0n) is 16.1. The van der Waals surface area contributed by atoms with Crippen molar-refractivity contribution in [3.8, 4) is 5.75 Å². The summed E-state index contributed by atoms with van der Waals surface area (Å²) in [7, 11) is 0. The maximum atomic E-state index is 13.3. The van der Waals surface area contributed by atoms with Crippen molar-refractivity contribution in [2.75, 3.05) is 19.7 Å². The van der Waals surface area contributed by atoms with Gasteiger partial charge in [-0.25, -0.2) is 8.78 Å². The van der Waals surface area contributed by atoms with E-state index >= 15 is 0 Å². The van der Waals surface area contributed by atoms with Crippen LogP contribution in [0, 0.1) is 11.6 Å². The van der Waals surface area contributed by atoms with Gasteiger partial charge in [-0.2, -0.15) is 0 Å². The van der Waals surface area contributed by atoms with Crippen molar-refractivity contribution in [3.63, 3.8) is 0 Å². The minimum absolute atomic E-state index is 0.000538. The summed E-state index contributed by atoms with van der Waals surface area (Å²) in [4.78, 5) is 14.3. The number of hydrogen-bond acceptors (Lipinski definition) is 3. The van der Waals surface area contributed by atoms with Crippen LogP contribution < -0.4 is 10.1 Å². The number of hydrogen-bond donors (Lipinski definition) is 1. The molecule has 150 valence electrons. The third-order valence-corrected chi connectivity index (χ3v) is 5.04. The van der Waals surface area contributed by atoms with E-state index < -0.39 is 11.6 Å². The van der Waals surface area contributed by atoms with E-state index in [1.54, 1.807) is 6.07 Å². The first kappa shape index (κ1) is 20.3. The highest BCUT2D eigenvalue weighted by atomic mass is 19.2. The van der Waals surface area contributed by atoms with E-state index in [0.717, 1.165) is 44.0 Å². The standard InChI is InChI=1S/C22H26F2N2O2/c1-2-16-3-6-19(7-4-16)28-15-22(27)25-18-9-11-26(12-10-18)14-17-5-8-20(23)21(24)13-17/h3-8,13,18H,2,9-12,14-15H2,1H3,(H,25,27). The molecule has 0 atom stereocenters. The molecule has 1 heterocycles. The summed E-state index contributed by atoms with van der Waals surface area (Å²) in [5.74, 6) is -1.08. The van der Waals surface area contributed by atoms with Crippen LogP contribution >= 0.6 is 0 Å². The van der Waals surface area contributed by atoms with Crippen LogP contribution in [0.2, 0.25) is 0 Å². The number of likely N-dealkylation sites (tertiary alicyclic amines) is 1. The Morgan fingerprint density at radius 1 is 1.07 bits per heavy atom. The van der Waals surface area contributed by atoms with E-state index in [0.29, 0.717) is 12.3 Å². The maximum Gasteiger partial charge on any atom is 0.258 e. The molecule has 28 heavy (non-hydrogen) atoms. The molecule has 0 bridgehead atoms. The second kappa shape index (κ2) is 9.64. The summed E-state index contributed by atoms with van der Waals surface area (Å²) in [5, 5.41) is 3.01. The molecule has 4 nitrogen and oxygen atoms in total. The molecule has 2 aromatic carbocycles. The SMILES string of the molecule is CCc1ccc(OCC(=O)NC2CCN(Cc3ccc(F)c(F)c3)CC2)cc1. The Bertz CT molecular complexity index is 788. The van der Waals surface area contributed by atoms with Gasteiger partial charge in [-0.15, -0.1) is 0 Å². The van der Waals surface area contributed by atoms with Gasteiger partial charge in [0.25, 0.3) is 5.91 Å². The Morgan fingerprint density at radius 2 is 1.75 bits per heavy atom. The fourth-order valence-electron chi connectivity index (χ4n) is 3.37. The fourth-order valence-corrected chi connectivity index (χ4v) is 3.37. The van der Waals surface area contributed by atoms with Gasteiger partial charge in [0.2, 0.25) is 0 Å². The lowest BCUT2D eigenvalue weighted by Gasteiger charge is -2.32. The number of carbonyl (C=O) groups is 1. The minimum atomic E-state index is -0.825. The third kappa shape index (κ3) is 5.76. The number of nitrogens with one attached hydrogen (secondary N) is 1. The lowest BCUT2D eigenvalue weighted by atomic mass is 10.0. The number of benzene rings is 2. The van der Waals surface area contributed by atoms with Crippen molar-refractivity contribution >= 4 is 5.91 Å². The van der Waals surface area contributed by atoms with Crippen LogP contribution in [0.15, 0.2) is 42.5 Å². The average Bonchev–Trinajstić information content (AvgIpc) is 2.71. The number of ether oxygens (including phenoxy) is 1. The van der Waals surface area contributed by atoms with Gasteiger partial charge in [-0.3, -0.25) is 9.69 Å². The summed E-state index contributed by atoms with van der Waals surface area (Å²) < 4.78 is 31.9. The van der Waals surface area contributed by atoms with Crippen molar-refractivity contribution in [2.45, 2.75) is 38.8 Å². The molecule has 0 aromatic heterocycles. The lowest BCUT2D eigenvalue weighted by Crippen LogP contribution is -2.45. The van der Waals surface area contributed by atoms with E-state index in [-0.39, 0.29) is 18.6 Å². The molecular formula is C22H26F2N2O2. The highest BCUT2D eigenvalue weighted by molar-refractivity contribution is 5.77. The largest absolute Gasteiger partial charge is 0.484 e. The molecule has 3 rings (SSSR count). The molecule has 2 aromatic rings. The van der Waals surface area contributed by atoms with Gasteiger partial charge in [-0.1, -0.05) is 25.1 Å². The second-order valence-electron chi connectivity index (χ2n) is 7.15. The monoisotopic (exact) mass is 388 g/mol. The molecule has 6 heteroatoms. The van der Waals surface area contributed by atoms with Crippen LogP contribution in [0.1, 0.15) is 30.9 Å². The van der Waals surface area contributed by atoms with Crippen LogP contribution in [-0.2, 0) is 17.8 Å². The van der Waals surface area contributed by atoms with E-state index in [1.807, 2.05) is 24.3 Å². The predicted octanol–water partition coefficient (Wildman–Crippen LogP) is 3.69. The average molecular weight is 388 g/mol. The topological polar surface area (TPSA) is 41.6 Å². The molecule has 0 radical (unpaired) electrons. The zero-order valence-corrected chi connectivity index (χ0v) is 16.1. The molecule has 1 aliphatic rings. The first-order valence-corrected chi connectivity index (χ1v) is 9.71. The van der Waals surface area contributed by atoms with E-state index in [9.17, 15) is 13.6 Å². The van der Waals surface area contributed by atoms with Gasteiger partial charge >= 0.3 is 0 Å². The second-order valence-corrected chi connectivity index (χ2v) is 7.15. The maximum absolute atomic E-state index is 13.3. The number of piperidine rings is 1. The Balaban J connectivity index is 1.38. The van der Waals surface area contributed by atoms with Gasteiger partial charge in [0.15, 0.2) is 18.2 Å². The predicted molar refractivity (Wildman–Crippen MR) is 104 cm³/mol. The van der Waals surface area contributed by atoms with Gasteiger partial charge in [0, 0.05) is 25.7 Å². The first-order chi connectivity index (χ1) is 13.5. The van der Waals surface area contributed by atoms with Crippen LogP contribution in [0.25, 0.3) is 0 Å². The van der Waals surface area contributed by atoms with Crippen LogP contribution in [0.4, 0.5) is 8.78 Å². The van der Waals surface area contributed by atoms with Crippen LogP contribution in [0.3, 0.4) is 0 Å². The Hall–Kier alpha value is -2.47. The highest BCUT2D eigenvalue weighted by Crippen LogP contribution is 2.16. The highest BCUT2D eigenvalue weighted by Gasteiger charge is 2.21. The zero-order chi connectivity index (χ0) is 19.9. The van der Waals surface area contributed by atoms with Gasteiger partial charge in [-0.05, 0) is 54.7 Å². The third-order valence-electron chi connectivity index (χ3n) is 5.04. The Labute approximate surface area is 164 Å². The fraction of sp³-hybridized carbons (Fsp3) is 0.409. The lowest BCUT2D eigenvalue weighted by molar-refractivity contribution is -0.124. The normalized spacial score (nSPS) is 15.4. The van der Waals surface area contributed by atoms with Gasteiger partial charge in [0.05, 0.1) is 0 Å². The molecule has 1 aliphatic heterocycles. The van der Waals surface area contributed by atoms with Crippen LogP contribution in [0.5, 0.6) is 5.75 Å².